The minimum Gasteiger partial charge on any atom is -0.355 e. The van der Waals surface area contributed by atoms with Gasteiger partial charge < -0.3 is 15.2 Å². The fraction of sp³-hybridized carbons (Fsp3) is 0.467. The predicted octanol–water partition coefficient (Wildman–Crippen LogP) is 1.43. The first-order chi connectivity index (χ1) is 11.2. The first-order valence-corrected chi connectivity index (χ1v) is 8.09. The molecule has 3 heterocycles. The molecular formula is C15H19ClN6O. The molecule has 0 radical (unpaired) electrons. The van der Waals surface area contributed by atoms with Crippen LogP contribution in [0.5, 0.6) is 0 Å². The van der Waals surface area contributed by atoms with Gasteiger partial charge in [0.15, 0.2) is 11.0 Å². The van der Waals surface area contributed by atoms with Crippen LogP contribution in [0.15, 0.2) is 24.7 Å². The lowest BCUT2D eigenvalue weighted by atomic mass is 9.97. The maximum absolute atomic E-state index is 12.3. The molecular weight excluding hydrogens is 316 g/mol. The lowest BCUT2D eigenvalue weighted by Gasteiger charge is -2.32. The van der Waals surface area contributed by atoms with Crippen molar-refractivity contribution in [2.45, 2.75) is 19.3 Å². The van der Waals surface area contributed by atoms with Gasteiger partial charge in [-0.1, -0.05) is 11.6 Å². The number of amides is 1. The number of halogens is 1. The van der Waals surface area contributed by atoms with Gasteiger partial charge >= 0.3 is 0 Å². The van der Waals surface area contributed by atoms with Crippen molar-refractivity contribution < 1.29 is 4.79 Å². The van der Waals surface area contributed by atoms with Crippen molar-refractivity contribution in [1.29, 1.82) is 0 Å². The average molecular weight is 335 g/mol. The number of rotatable bonds is 5. The summed E-state index contributed by atoms with van der Waals surface area (Å²) in [6.45, 7) is 2.15. The Hall–Kier alpha value is -2.15. The van der Waals surface area contributed by atoms with E-state index in [1.807, 2.05) is 6.07 Å². The van der Waals surface area contributed by atoms with E-state index in [2.05, 4.69) is 30.4 Å². The zero-order valence-corrected chi connectivity index (χ0v) is 13.5. The van der Waals surface area contributed by atoms with Gasteiger partial charge in [0.1, 0.15) is 0 Å². The van der Waals surface area contributed by atoms with Crippen LogP contribution in [0.1, 0.15) is 18.5 Å². The Morgan fingerprint density at radius 2 is 2.35 bits per heavy atom. The van der Waals surface area contributed by atoms with Gasteiger partial charge in [-0.25, -0.2) is 4.98 Å². The second-order valence-corrected chi connectivity index (χ2v) is 6.00. The van der Waals surface area contributed by atoms with Crippen molar-refractivity contribution in [1.82, 2.24) is 25.5 Å². The summed E-state index contributed by atoms with van der Waals surface area (Å²) in [7, 11) is 0. The number of H-pyrrole nitrogens is 1. The monoisotopic (exact) mass is 334 g/mol. The molecule has 1 aliphatic heterocycles. The fourth-order valence-electron chi connectivity index (χ4n) is 2.76. The van der Waals surface area contributed by atoms with Gasteiger partial charge in [-0.15, -0.1) is 10.2 Å². The largest absolute Gasteiger partial charge is 0.355 e. The van der Waals surface area contributed by atoms with Crippen LogP contribution >= 0.6 is 11.6 Å². The number of aromatic amines is 1. The molecule has 8 heteroatoms. The van der Waals surface area contributed by atoms with E-state index in [9.17, 15) is 4.79 Å². The number of hydrogen-bond acceptors (Lipinski definition) is 5. The first-order valence-electron chi connectivity index (χ1n) is 7.71. The highest BCUT2D eigenvalue weighted by molar-refractivity contribution is 6.29. The Morgan fingerprint density at radius 3 is 3.09 bits per heavy atom. The molecule has 0 saturated carbocycles. The Labute approximate surface area is 139 Å². The summed E-state index contributed by atoms with van der Waals surface area (Å²) in [5.41, 5.74) is 1.02. The van der Waals surface area contributed by atoms with Crippen molar-refractivity contribution >= 4 is 23.3 Å². The summed E-state index contributed by atoms with van der Waals surface area (Å²) in [4.78, 5) is 21.4. The van der Waals surface area contributed by atoms with Crippen LogP contribution in [-0.4, -0.2) is 45.7 Å². The number of aromatic nitrogens is 4. The molecule has 1 unspecified atom stereocenters. The van der Waals surface area contributed by atoms with E-state index < -0.39 is 0 Å². The lowest BCUT2D eigenvalue weighted by molar-refractivity contribution is -0.125. The summed E-state index contributed by atoms with van der Waals surface area (Å²) in [6.07, 6.45) is 6.03. The van der Waals surface area contributed by atoms with E-state index >= 15 is 0 Å². The first kappa shape index (κ1) is 15.7. The van der Waals surface area contributed by atoms with E-state index in [1.54, 1.807) is 18.6 Å². The SMILES string of the molecule is O=C(NCCc1cnc[nH]1)C1CCCN(c2ccc(Cl)nn2)C1. The topological polar surface area (TPSA) is 86.8 Å². The van der Waals surface area contributed by atoms with E-state index in [4.69, 9.17) is 11.6 Å². The van der Waals surface area contributed by atoms with Gasteiger partial charge in [0.2, 0.25) is 5.91 Å². The highest BCUT2D eigenvalue weighted by Crippen LogP contribution is 2.21. The van der Waals surface area contributed by atoms with Crippen molar-refractivity contribution in [3.05, 3.63) is 35.5 Å². The Balaban J connectivity index is 1.51. The molecule has 1 amide bonds. The number of imidazole rings is 1. The third kappa shape index (κ3) is 4.19. The number of carbonyl (C=O) groups is 1. The van der Waals surface area contributed by atoms with E-state index in [1.165, 1.54) is 0 Å². The van der Waals surface area contributed by atoms with Crippen LogP contribution < -0.4 is 10.2 Å². The van der Waals surface area contributed by atoms with Crippen LogP contribution in [0, 0.1) is 5.92 Å². The summed E-state index contributed by atoms with van der Waals surface area (Å²) in [5.74, 6) is 0.837. The number of piperidine rings is 1. The van der Waals surface area contributed by atoms with Crippen molar-refractivity contribution in [2.24, 2.45) is 5.92 Å². The predicted molar refractivity (Wildman–Crippen MR) is 87.3 cm³/mol. The maximum atomic E-state index is 12.3. The molecule has 0 bridgehead atoms. The van der Waals surface area contributed by atoms with Crippen LogP contribution in [0.2, 0.25) is 5.15 Å². The van der Waals surface area contributed by atoms with E-state index in [0.29, 0.717) is 18.2 Å². The fourth-order valence-corrected chi connectivity index (χ4v) is 2.86. The van der Waals surface area contributed by atoms with Gasteiger partial charge in [-0.3, -0.25) is 4.79 Å². The zero-order chi connectivity index (χ0) is 16.1. The molecule has 7 nitrogen and oxygen atoms in total. The van der Waals surface area contributed by atoms with Gasteiger partial charge in [0.05, 0.1) is 12.2 Å². The van der Waals surface area contributed by atoms with E-state index in [-0.39, 0.29) is 11.8 Å². The maximum Gasteiger partial charge on any atom is 0.224 e. The van der Waals surface area contributed by atoms with Gasteiger partial charge in [-0.05, 0) is 25.0 Å². The highest BCUT2D eigenvalue weighted by atomic mass is 35.5. The molecule has 122 valence electrons. The smallest absolute Gasteiger partial charge is 0.224 e. The van der Waals surface area contributed by atoms with Crippen LogP contribution in [0.3, 0.4) is 0 Å². The molecule has 0 aromatic carbocycles. The summed E-state index contributed by atoms with van der Waals surface area (Å²) in [6, 6.07) is 3.56. The molecule has 1 saturated heterocycles. The molecule has 3 rings (SSSR count). The van der Waals surface area contributed by atoms with Gasteiger partial charge in [-0.2, -0.15) is 0 Å². The molecule has 0 spiro atoms. The van der Waals surface area contributed by atoms with Crippen LogP contribution in [0.4, 0.5) is 5.82 Å². The number of carbonyl (C=O) groups excluding carboxylic acids is 1. The summed E-state index contributed by atoms with van der Waals surface area (Å²) >= 11 is 5.77. The minimum absolute atomic E-state index is 0.0250. The molecule has 1 aliphatic rings. The normalized spacial score (nSPS) is 18.0. The number of nitrogens with one attached hydrogen (secondary N) is 2. The molecule has 23 heavy (non-hydrogen) atoms. The van der Waals surface area contributed by atoms with Crippen molar-refractivity contribution in [2.75, 3.05) is 24.5 Å². The number of hydrogen-bond donors (Lipinski definition) is 2. The third-order valence-electron chi connectivity index (χ3n) is 3.98. The second-order valence-electron chi connectivity index (χ2n) is 5.62. The van der Waals surface area contributed by atoms with Crippen LogP contribution in [-0.2, 0) is 11.2 Å². The Morgan fingerprint density at radius 1 is 1.43 bits per heavy atom. The highest BCUT2D eigenvalue weighted by Gasteiger charge is 2.26. The molecule has 2 aromatic rings. The second kappa shape index (κ2) is 7.41. The zero-order valence-electron chi connectivity index (χ0n) is 12.7. The molecule has 2 aromatic heterocycles. The van der Waals surface area contributed by atoms with Gasteiger partial charge in [0.25, 0.3) is 0 Å². The quantitative estimate of drug-likeness (QED) is 0.863. The summed E-state index contributed by atoms with van der Waals surface area (Å²) in [5, 5.41) is 11.3. The number of anilines is 1. The average Bonchev–Trinajstić information content (AvgIpc) is 3.09. The van der Waals surface area contributed by atoms with Crippen molar-refractivity contribution in [3.8, 4) is 0 Å². The minimum atomic E-state index is -0.0250. The Kier molecular flexibility index (Phi) is 5.07. The van der Waals surface area contributed by atoms with Crippen molar-refractivity contribution in [3.63, 3.8) is 0 Å². The molecule has 1 atom stereocenters. The lowest BCUT2D eigenvalue weighted by Crippen LogP contribution is -2.43. The molecule has 1 fully saturated rings. The standard InChI is InChI=1S/C15H19ClN6O/c16-13-3-4-14(21-20-13)22-7-1-2-11(9-22)15(23)18-6-5-12-8-17-10-19-12/h3-4,8,10-11H,1-2,5-7,9H2,(H,17,19)(H,18,23). The Bertz CT molecular complexity index is 630. The summed E-state index contributed by atoms with van der Waals surface area (Å²) < 4.78 is 0. The van der Waals surface area contributed by atoms with Gasteiger partial charge in [0, 0.05) is 37.9 Å². The molecule has 2 N–H and O–H groups in total. The van der Waals surface area contributed by atoms with Crippen LogP contribution in [0.25, 0.3) is 0 Å². The molecule has 0 aliphatic carbocycles. The third-order valence-corrected chi connectivity index (χ3v) is 4.18. The number of nitrogens with zero attached hydrogens (tertiary/aromatic N) is 4. The van der Waals surface area contributed by atoms with E-state index in [0.717, 1.165) is 37.3 Å².